The Bertz CT molecular complexity index is 426. The molecular formula is C12H14O6. The maximum atomic E-state index is 11.6. The van der Waals surface area contributed by atoms with Crippen LogP contribution in [-0.4, -0.2) is 23.9 Å². The lowest BCUT2D eigenvalue weighted by Gasteiger charge is -2.15. The summed E-state index contributed by atoms with van der Waals surface area (Å²) in [7, 11) is 0. The molecule has 0 aromatic heterocycles. The van der Waals surface area contributed by atoms with E-state index in [0.717, 1.165) is 0 Å². The lowest BCUT2D eigenvalue weighted by atomic mass is 9.81. The number of hydrogen-bond acceptors (Lipinski definition) is 6. The van der Waals surface area contributed by atoms with Crippen molar-refractivity contribution >= 4 is 23.9 Å². The molecule has 0 aliphatic carbocycles. The Morgan fingerprint density at radius 3 is 1.83 bits per heavy atom. The quantitative estimate of drug-likeness (QED) is 0.536. The van der Waals surface area contributed by atoms with Crippen LogP contribution in [0.4, 0.5) is 0 Å². The molecule has 0 aromatic rings. The molecule has 2 heterocycles. The third-order valence-corrected chi connectivity index (χ3v) is 3.72. The number of ether oxygens (including phenoxy) is 2. The molecule has 4 atom stereocenters. The predicted octanol–water partition coefficient (Wildman–Crippen LogP) is 0.438. The Morgan fingerprint density at radius 1 is 0.833 bits per heavy atom. The van der Waals surface area contributed by atoms with E-state index in [4.69, 9.17) is 0 Å². The molecule has 98 valence electrons. The number of esters is 4. The third-order valence-electron chi connectivity index (χ3n) is 3.72. The largest absolute Gasteiger partial charge is 0.393 e. The van der Waals surface area contributed by atoms with E-state index in [2.05, 4.69) is 9.47 Å². The van der Waals surface area contributed by atoms with Gasteiger partial charge in [0.15, 0.2) is 0 Å². The first-order chi connectivity index (χ1) is 8.45. The first-order valence-corrected chi connectivity index (χ1v) is 5.96. The van der Waals surface area contributed by atoms with Gasteiger partial charge in [-0.05, 0) is 12.8 Å². The van der Waals surface area contributed by atoms with E-state index in [1.807, 2.05) is 0 Å². The average Bonchev–Trinajstić information content (AvgIpc) is 2.70. The van der Waals surface area contributed by atoms with Crippen molar-refractivity contribution in [2.75, 3.05) is 0 Å². The van der Waals surface area contributed by atoms with E-state index < -0.39 is 47.5 Å². The summed E-state index contributed by atoms with van der Waals surface area (Å²) >= 11 is 0. The summed E-state index contributed by atoms with van der Waals surface area (Å²) in [5.74, 6) is -4.73. The van der Waals surface area contributed by atoms with Gasteiger partial charge in [0.2, 0.25) is 0 Å². The second-order valence-electron chi connectivity index (χ2n) is 4.73. The van der Waals surface area contributed by atoms with Crippen molar-refractivity contribution in [1.29, 1.82) is 0 Å². The summed E-state index contributed by atoms with van der Waals surface area (Å²) < 4.78 is 9.08. The maximum Gasteiger partial charge on any atom is 0.317 e. The SMILES string of the molecule is CCC1C(=O)OC(=O)C1CC1C(=O)OC(=O)C1C. The smallest absolute Gasteiger partial charge is 0.317 e. The minimum atomic E-state index is -0.657. The first-order valence-electron chi connectivity index (χ1n) is 5.96. The second kappa shape index (κ2) is 4.51. The van der Waals surface area contributed by atoms with Crippen LogP contribution in [0.5, 0.6) is 0 Å². The van der Waals surface area contributed by atoms with Crippen molar-refractivity contribution < 1.29 is 28.7 Å². The number of carbonyl (C=O) groups excluding carboxylic acids is 4. The summed E-state index contributed by atoms with van der Waals surface area (Å²) in [6.07, 6.45) is 0.605. The van der Waals surface area contributed by atoms with Crippen molar-refractivity contribution in [1.82, 2.24) is 0 Å². The van der Waals surface area contributed by atoms with Crippen molar-refractivity contribution in [2.45, 2.75) is 26.7 Å². The fourth-order valence-corrected chi connectivity index (χ4v) is 2.50. The molecule has 0 N–H and O–H groups in total. The second-order valence-corrected chi connectivity index (χ2v) is 4.73. The summed E-state index contributed by atoms with van der Waals surface area (Å²) in [5.41, 5.74) is 0. The van der Waals surface area contributed by atoms with Crippen LogP contribution >= 0.6 is 0 Å². The molecule has 0 saturated carbocycles. The normalized spacial score (nSPS) is 35.9. The number of hydrogen-bond donors (Lipinski definition) is 0. The lowest BCUT2D eigenvalue weighted by molar-refractivity contribution is -0.154. The van der Waals surface area contributed by atoms with Crippen LogP contribution in [0.15, 0.2) is 0 Å². The van der Waals surface area contributed by atoms with E-state index in [-0.39, 0.29) is 6.42 Å². The molecule has 0 aromatic carbocycles. The zero-order valence-electron chi connectivity index (χ0n) is 10.2. The van der Waals surface area contributed by atoms with Crippen LogP contribution < -0.4 is 0 Å². The Balaban J connectivity index is 2.13. The van der Waals surface area contributed by atoms with E-state index in [0.29, 0.717) is 6.42 Å². The number of carbonyl (C=O) groups is 4. The monoisotopic (exact) mass is 254 g/mol. The molecular weight excluding hydrogens is 240 g/mol. The highest BCUT2D eigenvalue weighted by atomic mass is 16.6. The molecule has 0 spiro atoms. The van der Waals surface area contributed by atoms with Crippen LogP contribution in [0.2, 0.25) is 0 Å². The number of cyclic esters (lactones) is 4. The van der Waals surface area contributed by atoms with Gasteiger partial charge in [-0.2, -0.15) is 0 Å². The molecule has 18 heavy (non-hydrogen) atoms. The standard InChI is InChI=1S/C12H14O6/c1-3-6-8(12(16)18-10(6)14)4-7-5(2)9(13)17-11(7)15/h5-8H,3-4H2,1-2H3. The van der Waals surface area contributed by atoms with E-state index in [1.54, 1.807) is 13.8 Å². The predicted molar refractivity (Wildman–Crippen MR) is 56.7 cm³/mol. The topological polar surface area (TPSA) is 86.7 Å². The molecule has 6 heteroatoms. The Kier molecular flexibility index (Phi) is 3.19. The zero-order valence-corrected chi connectivity index (χ0v) is 10.2. The molecule has 2 rings (SSSR count). The van der Waals surface area contributed by atoms with Crippen molar-refractivity contribution in [3.63, 3.8) is 0 Å². The highest BCUT2D eigenvalue weighted by Crippen LogP contribution is 2.36. The molecule has 2 saturated heterocycles. The average molecular weight is 254 g/mol. The van der Waals surface area contributed by atoms with Gasteiger partial charge in [0.05, 0.1) is 23.7 Å². The van der Waals surface area contributed by atoms with Gasteiger partial charge >= 0.3 is 23.9 Å². The molecule has 0 radical (unpaired) electrons. The lowest BCUT2D eigenvalue weighted by Crippen LogP contribution is -2.25. The van der Waals surface area contributed by atoms with Gasteiger partial charge in [-0.3, -0.25) is 19.2 Å². The fraction of sp³-hybridized carbons (Fsp3) is 0.667. The van der Waals surface area contributed by atoms with Gasteiger partial charge in [-0.1, -0.05) is 13.8 Å². The van der Waals surface area contributed by atoms with E-state index >= 15 is 0 Å². The van der Waals surface area contributed by atoms with Crippen molar-refractivity contribution in [3.8, 4) is 0 Å². The van der Waals surface area contributed by atoms with Crippen LogP contribution in [0.25, 0.3) is 0 Å². The molecule has 2 aliphatic rings. The van der Waals surface area contributed by atoms with Crippen LogP contribution in [-0.2, 0) is 28.7 Å². The molecule has 0 bridgehead atoms. The molecule has 6 nitrogen and oxygen atoms in total. The third kappa shape index (κ3) is 1.91. The van der Waals surface area contributed by atoms with Crippen LogP contribution in [0, 0.1) is 23.7 Å². The minimum absolute atomic E-state index is 0.134. The Hall–Kier alpha value is -1.72. The van der Waals surface area contributed by atoms with Crippen molar-refractivity contribution in [2.24, 2.45) is 23.7 Å². The van der Waals surface area contributed by atoms with Crippen LogP contribution in [0.1, 0.15) is 26.7 Å². The zero-order chi connectivity index (χ0) is 13.4. The van der Waals surface area contributed by atoms with E-state index in [9.17, 15) is 19.2 Å². The molecule has 4 unspecified atom stereocenters. The number of rotatable bonds is 3. The van der Waals surface area contributed by atoms with Gasteiger partial charge in [-0.25, -0.2) is 0 Å². The van der Waals surface area contributed by atoms with Crippen molar-refractivity contribution in [3.05, 3.63) is 0 Å². The van der Waals surface area contributed by atoms with Crippen LogP contribution in [0.3, 0.4) is 0 Å². The summed E-state index contributed by atoms with van der Waals surface area (Å²) in [4.78, 5) is 45.7. The van der Waals surface area contributed by atoms with Gasteiger partial charge in [-0.15, -0.1) is 0 Å². The van der Waals surface area contributed by atoms with Gasteiger partial charge in [0.25, 0.3) is 0 Å². The Labute approximate surface area is 104 Å². The molecule has 2 aliphatic heterocycles. The Morgan fingerprint density at radius 2 is 1.33 bits per heavy atom. The fourth-order valence-electron chi connectivity index (χ4n) is 2.50. The highest BCUT2D eigenvalue weighted by molar-refractivity contribution is 5.98. The summed E-state index contributed by atoms with van der Waals surface area (Å²) in [6.45, 7) is 3.36. The minimum Gasteiger partial charge on any atom is -0.393 e. The first kappa shape index (κ1) is 12.7. The maximum absolute atomic E-state index is 11.6. The molecule has 2 fully saturated rings. The van der Waals surface area contributed by atoms with Gasteiger partial charge in [0, 0.05) is 0 Å². The van der Waals surface area contributed by atoms with Gasteiger partial charge in [0.1, 0.15) is 0 Å². The highest BCUT2D eigenvalue weighted by Gasteiger charge is 2.49. The summed E-state index contributed by atoms with van der Waals surface area (Å²) in [6, 6.07) is 0. The summed E-state index contributed by atoms with van der Waals surface area (Å²) in [5, 5.41) is 0. The van der Waals surface area contributed by atoms with Gasteiger partial charge < -0.3 is 9.47 Å². The molecule has 0 amide bonds. The van der Waals surface area contributed by atoms with E-state index in [1.165, 1.54) is 0 Å².